The Balaban J connectivity index is 2.09. The first-order valence-electron chi connectivity index (χ1n) is 10.1. The number of hydrogen-bond acceptors (Lipinski definition) is 6. The van der Waals surface area contributed by atoms with E-state index in [9.17, 15) is 8.42 Å². The Labute approximate surface area is 213 Å². The Morgan fingerprint density at radius 1 is 0.765 bits per heavy atom. The molecule has 3 rings (SSSR count). The summed E-state index contributed by atoms with van der Waals surface area (Å²) in [5, 5.41) is 0.296. The van der Waals surface area contributed by atoms with Gasteiger partial charge in [-0.25, -0.2) is 8.42 Å². The van der Waals surface area contributed by atoms with Gasteiger partial charge in [-0.2, -0.15) is 4.31 Å². The average molecular weight is 571 g/mol. The van der Waals surface area contributed by atoms with Crippen molar-refractivity contribution in [2.75, 3.05) is 28.4 Å². The molecule has 0 N–H and O–H groups in total. The number of methoxy groups -OCH3 is 4. The number of sulfonamides is 1. The molecule has 0 fully saturated rings. The van der Waals surface area contributed by atoms with Crippen LogP contribution < -0.4 is 18.9 Å². The minimum atomic E-state index is -3.96. The number of hydrogen-bond donors (Lipinski definition) is 0. The molecule has 0 radical (unpaired) electrons. The molecule has 0 unspecified atom stereocenters. The van der Waals surface area contributed by atoms with E-state index < -0.39 is 10.0 Å². The fraction of sp³-hybridized carbons (Fsp3) is 0.250. The zero-order valence-electron chi connectivity index (χ0n) is 19.2. The summed E-state index contributed by atoms with van der Waals surface area (Å²) in [5.74, 6) is 2.23. The number of ether oxygens (including phenoxy) is 4. The molecule has 7 nitrogen and oxygen atoms in total. The molecule has 0 heterocycles. The van der Waals surface area contributed by atoms with Crippen LogP contribution in [0, 0.1) is 0 Å². The van der Waals surface area contributed by atoms with Gasteiger partial charge in [0.25, 0.3) is 0 Å². The first-order valence-corrected chi connectivity index (χ1v) is 12.7. The van der Waals surface area contributed by atoms with Crippen LogP contribution in [0.25, 0.3) is 0 Å². The van der Waals surface area contributed by atoms with Crippen LogP contribution in [-0.2, 0) is 23.1 Å². The van der Waals surface area contributed by atoms with E-state index in [0.29, 0.717) is 43.6 Å². The van der Waals surface area contributed by atoms with Crippen molar-refractivity contribution >= 4 is 37.6 Å². The van der Waals surface area contributed by atoms with E-state index in [1.165, 1.54) is 30.7 Å². The minimum Gasteiger partial charge on any atom is -0.497 e. The lowest BCUT2D eigenvalue weighted by atomic mass is 10.1. The number of rotatable bonds is 10. The average Bonchev–Trinajstić information content (AvgIpc) is 2.85. The molecular weight excluding hydrogens is 546 g/mol. The monoisotopic (exact) mass is 569 g/mol. The molecule has 3 aromatic carbocycles. The molecule has 182 valence electrons. The Hall–Kier alpha value is -2.46. The van der Waals surface area contributed by atoms with Gasteiger partial charge in [-0.15, -0.1) is 0 Å². The lowest BCUT2D eigenvalue weighted by Crippen LogP contribution is -2.30. The zero-order valence-corrected chi connectivity index (χ0v) is 22.3. The predicted molar refractivity (Wildman–Crippen MR) is 135 cm³/mol. The van der Waals surface area contributed by atoms with Crippen molar-refractivity contribution in [1.82, 2.24) is 4.31 Å². The van der Waals surface area contributed by atoms with Crippen molar-refractivity contribution in [2.24, 2.45) is 0 Å². The van der Waals surface area contributed by atoms with Gasteiger partial charge in [0.2, 0.25) is 10.0 Å². The summed E-state index contributed by atoms with van der Waals surface area (Å²) in [6.07, 6.45) is 0. The standard InChI is InChI=1S/C24H25BrClNO6S/c1-30-18-7-5-16(23(11-18)32-3)14-27(15-17-6-8-19(31-2)12-24(17)33-4)34(28,29)20-9-10-21(25)22(26)13-20/h5-13H,14-15H2,1-4H3. The quantitative estimate of drug-likeness (QED) is 0.319. The van der Waals surface area contributed by atoms with E-state index in [4.69, 9.17) is 30.5 Å². The molecule has 34 heavy (non-hydrogen) atoms. The number of nitrogens with zero attached hydrogens (tertiary/aromatic N) is 1. The van der Waals surface area contributed by atoms with Crippen LogP contribution in [0.15, 0.2) is 64.0 Å². The Kier molecular flexibility index (Phi) is 8.70. The van der Waals surface area contributed by atoms with Gasteiger partial charge in [-0.1, -0.05) is 23.7 Å². The Bertz CT molecular complexity index is 1210. The summed E-state index contributed by atoms with van der Waals surface area (Å²) < 4.78 is 51.0. The van der Waals surface area contributed by atoms with Gasteiger partial charge in [0.05, 0.1) is 38.4 Å². The summed E-state index contributed by atoms with van der Waals surface area (Å²) >= 11 is 9.52. The van der Waals surface area contributed by atoms with Crippen molar-refractivity contribution < 1.29 is 27.4 Å². The molecule has 0 atom stereocenters. The second kappa shape index (κ2) is 11.3. The highest BCUT2D eigenvalue weighted by molar-refractivity contribution is 9.10. The SMILES string of the molecule is COc1ccc(CN(Cc2ccc(OC)cc2OC)S(=O)(=O)c2ccc(Br)c(Cl)c2)c(OC)c1. The van der Waals surface area contributed by atoms with E-state index in [2.05, 4.69) is 15.9 Å². The fourth-order valence-electron chi connectivity index (χ4n) is 3.36. The highest BCUT2D eigenvalue weighted by Gasteiger charge is 2.28. The highest BCUT2D eigenvalue weighted by atomic mass is 79.9. The molecule has 0 aliphatic rings. The van der Waals surface area contributed by atoms with Crippen molar-refractivity contribution in [3.05, 3.63) is 75.2 Å². The van der Waals surface area contributed by atoms with Crippen molar-refractivity contribution in [3.8, 4) is 23.0 Å². The fourth-order valence-corrected chi connectivity index (χ4v) is 5.27. The van der Waals surface area contributed by atoms with Crippen LogP contribution >= 0.6 is 27.5 Å². The van der Waals surface area contributed by atoms with E-state index in [1.807, 2.05) is 0 Å². The third kappa shape index (κ3) is 5.78. The topological polar surface area (TPSA) is 74.3 Å². The summed E-state index contributed by atoms with van der Waals surface area (Å²) in [7, 11) is 2.20. The predicted octanol–water partition coefficient (Wildman–Crippen LogP) is 5.53. The largest absolute Gasteiger partial charge is 0.497 e. The van der Waals surface area contributed by atoms with Gasteiger partial charge < -0.3 is 18.9 Å². The minimum absolute atomic E-state index is 0.0400. The summed E-state index contributed by atoms with van der Waals surface area (Å²) in [4.78, 5) is 0.0701. The third-order valence-electron chi connectivity index (χ3n) is 5.21. The van der Waals surface area contributed by atoms with E-state index in [0.717, 1.165) is 0 Å². The normalized spacial score (nSPS) is 11.4. The van der Waals surface area contributed by atoms with Crippen LogP contribution in [0.5, 0.6) is 23.0 Å². The Morgan fingerprint density at radius 2 is 1.26 bits per heavy atom. The van der Waals surface area contributed by atoms with Gasteiger partial charge >= 0.3 is 0 Å². The Morgan fingerprint density at radius 3 is 1.68 bits per heavy atom. The van der Waals surface area contributed by atoms with E-state index in [-0.39, 0.29) is 18.0 Å². The lowest BCUT2D eigenvalue weighted by molar-refractivity contribution is 0.358. The summed E-state index contributed by atoms with van der Waals surface area (Å²) in [5.41, 5.74) is 1.34. The van der Waals surface area contributed by atoms with Crippen molar-refractivity contribution in [2.45, 2.75) is 18.0 Å². The van der Waals surface area contributed by atoms with Crippen LogP contribution in [0.2, 0.25) is 5.02 Å². The molecular formula is C24H25BrClNO6S. The molecule has 0 spiro atoms. The maximum absolute atomic E-state index is 13.8. The summed E-state index contributed by atoms with van der Waals surface area (Å²) in [6.45, 7) is 0.0801. The molecule has 0 bridgehead atoms. The lowest BCUT2D eigenvalue weighted by Gasteiger charge is -2.25. The summed E-state index contributed by atoms with van der Waals surface area (Å²) in [6, 6.07) is 15.0. The van der Waals surface area contributed by atoms with Gasteiger partial charge in [0.15, 0.2) is 0 Å². The van der Waals surface area contributed by atoms with E-state index >= 15 is 0 Å². The molecule has 10 heteroatoms. The maximum Gasteiger partial charge on any atom is 0.243 e. The molecule has 0 amide bonds. The highest BCUT2D eigenvalue weighted by Crippen LogP contribution is 2.33. The molecule has 0 aliphatic heterocycles. The van der Waals surface area contributed by atoms with Crippen LogP contribution in [0.4, 0.5) is 0 Å². The second-order valence-corrected chi connectivity index (χ2v) is 10.4. The smallest absolute Gasteiger partial charge is 0.243 e. The molecule has 0 saturated heterocycles. The molecule has 0 saturated carbocycles. The molecule has 0 aromatic heterocycles. The van der Waals surface area contributed by atoms with Crippen molar-refractivity contribution in [1.29, 1.82) is 0 Å². The number of benzene rings is 3. The van der Waals surface area contributed by atoms with Crippen LogP contribution in [0.1, 0.15) is 11.1 Å². The second-order valence-electron chi connectivity index (χ2n) is 7.20. The van der Waals surface area contributed by atoms with Gasteiger partial charge in [0, 0.05) is 40.8 Å². The molecule has 0 aliphatic carbocycles. The van der Waals surface area contributed by atoms with Gasteiger partial charge in [0.1, 0.15) is 23.0 Å². The van der Waals surface area contributed by atoms with Crippen molar-refractivity contribution in [3.63, 3.8) is 0 Å². The zero-order chi connectivity index (χ0) is 24.9. The van der Waals surface area contributed by atoms with Gasteiger partial charge in [-0.05, 0) is 46.3 Å². The van der Waals surface area contributed by atoms with Crippen LogP contribution in [0.3, 0.4) is 0 Å². The van der Waals surface area contributed by atoms with Crippen LogP contribution in [-0.4, -0.2) is 41.2 Å². The van der Waals surface area contributed by atoms with Gasteiger partial charge in [-0.3, -0.25) is 0 Å². The first-order chi connectivity index (χ1) is 16.2. The molecule has 3 aromatic rings. The van der Waals surface area contributed by atoms with E-state index in [1.54, 1.807) is 56.7 Å². The first kappa shape index (κ1) is 26.2. The third-order valence-corrected chi connectivity index (χ3v) is 8.23. The number of halogens is 2. The maximum atomic E-state index is 13.8.